The van der Waals surface area contributed by atoms with Crippen molar-refractivity contribution in [2.75, 3.05) is 10.6 Å². The number of hydrogen-bond acceptors (Lipinski definition) is 7. The van der Waals surface area contributed by atoms with Gasteiger partial charge >= 0.3 is 6.03 Å². The molecule has 0 saturated heterocycles. The minimum absolute atomic E-state index is 0.0213. The van der Waals surface area contributed by atoms with Crippen LogP contribution >= 0.6 is 11.3 Å². The minimum atomic E-state index is -0.447. The van der Waals surface area contributed by atoms with Crippen LogP contribution in [0.25, 0.3) is 0 Å². The Morgan fingerprint density at radius 3 is 2.54 bits per heavy atom. The highest BCUT2D eigenvalue weighted by atomic mass is 32.1. The van der Waals surface area contributed by atoms with Crippen molar-refractivity contribution in [1.29, 1.82) is 0 Å². The molecule has 9 nitrogen and oxygen atoms in total. The number of amides is 3. The van der Waals surface area contributed by atoms with E-state index in [0.717, 1.165) is 16.9 Å². The molecule has 0 aliphatic heterocycles. The maximum absolute atomic E-state index is 11.9. The number of aromatic nitrogens is 2. The van der Waals surface area contributed by atoms with E-state index in [0.29, 0.717) is 10.7 Å². The lowest BCUT2D eigenvalue weighted by Crippen LogP contribution is -2.19. The average Bonchev–Trinajstić information content (AvgIpc) is 3.10. The number of phenolic OH excluding ortho intramolecular Hbond substituents is 1. The van der Waals surface area contributed by atoms with Gasteiger partial charge < -0.3 is 10.4 Å². The molecule has 1 aromatic heterocycles. The van der Waals surface area contributed by atoms with Gasteiger partial charge in [0, 0.05) is 5.69 Å². The fourth-order valence-corrected chi connectivity index (χ4v) is 2.81. The number of rotatable bonds is 6. The highest BCUT2D eigenvalue weighted by Gasteiger charge is 2.11. The third-order valence-electron chi connectivity index (χ3n) is 3.33. The van der Waals surface area contributed by atoms with Crippen LogP contribution in [0.3, 0.4) is 0 Å². The monoisotopic (exact) mass is 396 g/mol. The Hall–Kier alpha value is -3.79. The first-order chi connectivity index (χ1) is 13.6. The molecule has 0 radical (unpaired) electrons. The Balaban J connectivity index is 1.46. The summed E-state index contributed by atoms with van der Waals surface area (Å²) in [7, 11) is 0. The molecule has 0 atom stereocenters. The van der Waals surface area contributed by atoms with Crippen molar-refractivity contribution in [3.8, 4) is 5.75 Å². The van der Waals surface area contributed by atoms with Gasteiger partial charge in [0.15, 0.2) is 0 Å². The summed E-state index contributed by atoms with van der Waals surface area (Å²) in [5.74, 6) is -0.217. The van der Waals surface area contributed by atoms with Crippen molar-refractivity contribution < 1.29 is 14.7 Å². The number of para-hydroxylation sites is 1. The summed E-state index contributed by atoms with van der Waals surface area (Å²) in [6, 6.07) is 14.9. The zero-order valence-corrected chi connectivity index (χ0v) is 15.3. The number of phenols is 1. The summed E-state index contributed by atoms with van der Waals surface area (Å²) >= 11 is 1.10. The van der Waals surface area contributed by atoms with E-state index < -0.39 is 6.03 Å². The highest BCUT2D eigenvalue weighted by Crippen LogP contribution is 2.16. The SMILES string of the molecule is O=C(Cc1nnc(NC(=O)Nc2ccccc2)s1)N/N=C/c1ccc(O)cc1. The summed E-state index contributed by atoms with van der Waals surface area (Å²) < 4.78 is 0. The topological polar surface area (TPSA) is 129 Å². The van der Waals surface area contributed by atoms with Crippen LogP contribution in [-0.4, -0.2) is 33.5 Å². The van der Waals surface area contributed by atoms with Crippen LogP contribution in [0.2, 0.25) is 0 Å². The van der Waals surface area contributed by atoms with Gasteiger partial charge in [-0.05, 0) is 42.0 Å². The van der Waals surface area contributed by atoms with Gasteiger partial charge in [-0.2, -0.15) is 5.10 Å². The van der Waals surface area contributed by atoms with Crippen LogP contribution in [0.5, 0.6) is 5.75 Å². The maximum atomic E-state index is 11.9. The molecule has 0 saturated carbocycles. The number of hydrogen-bond donors (Lipinski definition) is 4. The maximum Gasteiger partial charge on any atom is 0.325 e. The molecule has 0 aliphatic carbocycles. The van der Waals surface area contributed by atoms with Crippen molar-refractivity contribution in [2.45, 2.75) is 6.42 Å². The molecular formula is C18H16N6O3S. The van der Waals surface area contributed by atoms with Crippen molar-refractivity contribution in [3.05, 3.63) is 65.2 Å². The van der Waals surface area contributed by atoms with Gasteiger partial charge in [-0.3, -0.25) is 10.1 Å². The van der Waals surface area contributed by atoms with Crippen LogP contribution in [0.15, 0.2) is 59.7 Å². The number of nitrogens with one attached hydrogen (secondary N) is 3. The van der Waals surface area contributed by atoms with Crippen molar-refractivity contribution in [1.82, 2.24) is 15.6 Å². The van der Waals surface area contributed by atoms with Gasteiger partial charge in [0.05, 0.1) is 12.6 Å². The molecule has 4 N–H and O–H groups in total. The average molecular weight is 396 g/mol. The number of anilines is 2. The second-order valence-electron chi connectivity index (χ2n) is 5.51. The molecule has 10 heteroatoms. The molecule has 0 spiro atoms. The summed E-state index contributed by atoms with van der Waals surface area (Å²) in [6.45, 7) is 0. The minimum Gasteiger partial charge on any atom is -0.508 e. The molecule has 0 aliphatic rings. The molecule has 3 rings (SSSR count). The highest BCUT2D eigenvalue weighted by molar-refractivity contribution is 7.15. The number of urea groups is 1. The van der Waals surface area contributed by atoms with Gasteiger partial charge in [-0.1, -0.05) is 29.5 Å². The fourth-order valence-electron chi connectivity index (χ4n) is 2.07. The van der Waals surface area contributed by atoms with Crippen molar-refractivity contribution in [2.24, 2.45) is 5.10 Å². The predicted octanol–water partition coefficient (Wildman–Crippen LogP) is 2.58. The molecule has 1 heterocycles. The Kier molecular flexibility index (Phi) is 6.26. The summed E-state index contributed by atoms with van der Waals surface area (Å²) in [6.07, 6.45) is 1.44. The van der Waals surface area contributed by atoms with E-state index in [1.54, 1.807) is 36.4 Å². The number of carbonyl (C=O) groups excluding carboxylic acids is 2. The molecule has 3 aromatic rings. The van der Waals surface area contributed by atoms with Gasteiger partial charge in [-0.15, -0.1) is 10.2 Å². The Morgan fingerprint density at radius 2 is 1.79 bits per heavy atom. The largest absolute Gasteiger partial charge is 0.508 e. The first-order valence-electron chi connectivity index (χ1n) is 8.15. The second kappa shape index (κ2) is 9.24. The predicted molar refractivity (Wildman–Crippen MR) is 107 cm³/mol. The first-order valence-corrected chi connectivity index (χ1v) is 8.96. The van der Waals surface area contributed by atoms with Gasteiger partial charge in [0.1, 0.15) is 10.8 Å². The molecule has 28 heavy (non-hydrogen) atoms. The van der Waals surface area contributed by atoms with Crippen LogP contribution in [0.1, 0.15) is 10.6 Å². The lowest BCUT2D eigenvalue weighted by Gasteiger charge is -2.03. The molecule has 3 amide bonds. The van der Waals surface area contributed by atoms with Crippen LogP contribution in [0, 0.1) is 0 Å². The molecular weight excluding hydrogens is 380 g/mol. The number of carbonyl (C=O) groups is 2. The second-order valence-corrected chi connectivity index (χ2v) is 6.57. The quantitative estimate of drug-likeness (QED) is 0.376. The third-order valence-corrected chi connectivity index (χ3v) is 4.17. The summed E-state index contributed by atoms with van der Waals surface area (Å²) in [5.41, 5.74) is 3.76. The van der Waals surface area contributed by atoms with E-state index >= 15 is 0 Å². The van der Waals surface area contributed by atoms with Crippen LogP contribution in [-0.2, 0) is 11.2 Å². The zero-order valence-electron chi connectivity index (χ0n) is 14.5. The summed E-state index contributed by atoms with van der Waals surface area (Å²) in [4.78, 5) is 23.8. The Labute approximate surface area is 164 Å². The van der Waals surface area contributed by atoms with Crippen LogP contribution in [0.4, 0.5) is 15.6 Å². The van der Waals surface area contributed by atoms with E-state index in [4.69, 9.17) is 0 Å². The zero-order chi connectivity index (χ0) is 19.8. The first kappa shape index (κ1) is 19.0. The standard InChI is InChI=1S/C18H16N6O3S/c25-14-8-6-12(7-9-14)11-19-22-15(26)10-16-23-24-18(28-16)21-17(27)20-13-4-2-1-3-5-13/h1-9,11,25H,10H2,(H,22,26)(H2,20,21,24,27)/b19-11+. The van der Waals surface area contributed by atoms with Crippen molar-refractivity contribution in [3.63, 3.8) is 0 Å². The number of aromatic hydroxyl groups is 1. The molecule has 0 unspecified atom stereocenters. The van der Waals surface area contributed by atoms with E-state index in [-0.39, 0.29) is 23.2 Å². The van der Waals surface area contributed by atoms with Crippen molar-refractivity contribution >= 4 is 40.3 Å². The van der Waals surface area contributed by atoms with Gasteiger partial charge in [0.25, 0.3) is 0 Å². The summed E-state index contributed by atoms with van der Waals surface area (Å²) in [5, 5.41) is 26.7. The lowest BCUT2D eigenvalue weighted by atomic mass is 10.2. The van der Waals surface area contributed by atoms with Gasteiger partial charge in [-0.25, -0.2) is 10.2 Å². The normalized spacial score (nSPS) is 10.6. The molecule has 142 valence electrons. The van der Waals surface area contributed by atoms with Crippen LogP contribution < -0.4 is 16.1 Å². The molecule has 0 fully saturated rings. The molecule has 0 bridgehead atoms. The Bertz CT molecular complexity index is 973. The third kappa shape index (κ3) is 5.88. The van der Waals surface area contributed by atoms with E-state index in [1.165, 1.54) is 18.3 Å². The van der Waals surface area contributed by atoms with E-state index in [9.17, 15) is 14.7 Å². The van der Waals surface area contributed by atoms with Gasteiger partial charge in [0.2, 0.25) is 11.0 Å². The number of hydrazone groups is 1. The van der Waals surface area contributed by atoms with E-state index in [1.807, 2.05) is 6.07 Å². The fraction of sp³-hybridized carbons (Fsp3) is 0.0556. The lowest BCUT2D eigenvalue weighted by molar-refractivity contribution is -0.120. The smallest absolute Gasteiger partial charge is 0.325 e. The number of nitrogens with zero attached hydrogens (tertiary/aromatic N) is 3. The van der Waals surface area contributed by atoms with E-state index in [2.05, 4.69) is 31.4 Å². The number of benzene rings is 2. The Morgan fingerprint density at radius 1 is 1.04 bits per heavy atom. The molecule has 2 aromatic carbocycles.